The predicted molar refractivity (Wildman–Crippen MR) is 53.6 cm³/mol. The molecule has 0 atom stereocenters. The summed E-state index contributed by atoms with van der Waals surface area (Å²) in [7, 11) is 2.04. The average Bonchev–Trinajstić information content (AvgIpc) is 2.42. The molecule has 13 heavy (non-hydrogen) atoms. The van der Waals surface area contributed by atoms with Crippen LogP contribution in [0.15, 0.2) is 24.4 Å². The number of hydrogen-bond donors (Lipinski definition) is 1. The molecule has 0 aliphatic heterocycles. The fraction of sp³-hybridized carbons (Fsp3) is 0.273. The van der Waals surface area contributed by atoms with E-state index in [9.17, 15) is 0 Å². The fourth-order valence-corrected chi connectivity index (χ4v) is 1.73. The quantitative estimate of drug-likeness (QED) is 0.704. The van der Waals surface area contributed by atoms with Crippen molar-refractivity contribution in [1.29, 1.82) is 0 Å². The Morgan fingerprint density at radius 3 is 2.85 bits per heavy atom. The highest BCUT2D eigenvalue weighted by atomic mass is 16.3. The fourth-order valence-electron chi connectivity index (χ4n) is 1.73. The Balaban J connectivity index is 2.76. The molecular weight excluding hydrogens is 162 g/mol. The van der Waals surface area contributed by atoms with Crippen molar-refractivity contribution < 1.29 is 5.11 Å². The van der Waals surface area contributed by atoms with E-state index >= 15 is 0 Å². The zero-order valence-electron chi connectivity index (χ0n) is 7.91. The molecular formula is C11H13NO. The van der Waals surface area contributed by atoms with Crippen LogP contribution in [0.3, 0.4) is 0 Å². The Morgan fingerprint density at radius 2 is 2.15 bits per heavy atom. The number of aromatic nitrogens is 1. The number of rotatable bonds is 1. The van der Waals surface area contributed by atoms with Crippen LogP contribution >= 0.6 is 0 Å². The van der Waals surface area contributed by atoms with Crippen molar-refractivity contribution in [3.05, 3.63) is 35.5 Å². The van der Waals surface area contributed by atoms with Gasteiger partial charge in [-0.2, -0.15) is 0 Å². The minimum atomic E-state index is 0.115. The Kier molecular flexibility index (Phi) is 1.85. The normalized spacial score (nSPS) is 11.0. The summed E-state index contributed by atoms with van der Waals surface area (Å²) in [6.07, 6.45) is 2.10. The molecule has 2 rings (SSSR count). The van der Waals surface area contributed by atoms with Crippen LogP contribution in [0, 0.1) is 6.92 Å². The van der Waals surface area contributed by atoms with Crippen LogP contribution in [0.4, 0.5) is 0 Å². The van der Waals surface area contributed by atoms with Crippen molar-refractivity contribution in [2.24, 2.45) is 7.05 Å². The van der Waals surface area contributed by atoms with Crippen molar-refractivity contribution in [3.8, 4) is 0 Å². The zero-order valence-corrected chi connectivity index (χ0v) is 7.91. The highest BCUT2D eigenvalue weighted by Crippen LogP contribution is 2.21. The summed E-state index contributed by atoms with van der Waals surface area (Å²) in [4.78, 5) is 0. The molecule has 2 aromatic rings. The van der Waals surface area contributed by atoms with Gasteiger partial charge in [0.05, 0.1) is 6.61 Å². The van der Waals surface area contributed by atoms with Crippen LogP contribution in [0.1, 0.15) is 11.1 Å². The third kappa shape index (κ3) is 1.23. The lowest BCUT2D eigenvalue weighted by atomic mass is 10.1. The number of aryl methyl sites for hydroxylation is 2. The smallest absolute Gasteiger partial charge is 0.0682 e. The second-order valence-electron chi connectivity index (χ2n) is 3.43. The van der Waals surface area contributed by atoms with Gasteiger partial charge in [0.25, 0.3) is 0 Å². The molecule has 2 nitrogen and oxygen atoms in total. The first-order valence-corrected chi connectivity index (χ1v) is 4.38. The van der Waals surface area contributed by atoms with E-state index in [2.05, 4.69) is 17.7 Å². The van der Waals surface area contributed by atoms with Gasteiger partial charge in [-0.3, -0.25) is 0 Å². The van der Waals surface area contributed by atoms with Gasteiger partial charge in [-0.1, -0.05) is 6.07 Å². The van der Waals surface area contributed by atoms with Crippen molar-refractivity contribution in [2.45, 2.75) is 13.5 Å². The summed E-state index contributed by atoms with van der Waals surface area (Å²) in [5.74, 6) is 0. The average molecular weight is 175 g/mol. The molecule has 0 amide bonds. The second kappa shape index (κ2) is 2.89. The van der Waals surface area contributed by atoms with Crippen LogP contribution in [0.2, 0.25) is 0 Å². The van der Waals surface area contributed by atoms with E-state index in [0.29, 0.717) is 0 Å². The first-order valence-electron chi connectivity index (χ1n) is 4.38. The largest absolute Gasteiger partial charge is 0.392 e. The molecule has 0 saturated heterocycles. The SMILES string of the molecule is Cc1cn(C)c2ccc(CO)cc12. The van der Waals surface area contributed by atoms with Gasteiger partial charge in [-0.25, -0.2) is 0 Å². The van der Waals surface area contributed by atoms with Gasteiger partial charge in [0.1, 0.15) is 0 Å². The topological polar surface area (TPSA) is 25.2 Å². The van der Waals surface area contributed by atoms with Crippen LogP contribution in [-0.2, 0) is 13.7 Å². The summed E-state index contributed by atoms with van der Waals surface area (Å²) in [5, 5.41) is 10.2. The van der Waals surface area contributed by atoms with Crippen molar-refractivity contribution in [3.63, 3.8) is 0 Å². The first-order chi connectivity index (χ1) is 6.22. The number of benzene rings is 1. The Morgan fingerprint density at radius 1 is 1.38 bits per heavy atom. The van der Waals surface area contributed by atoms with Gasteiger partial charge in [0.2, 0.25) is 0 Å². The van der Waals surface area contributed by atoms with E-state index in [4.69, 9.17) is 5.11 Å². The Bertz CT molecular complexity index is 443. The van der Waals surface area contributed by atoms with Crippen LogP contribution < -0.4 is 0 Å². The third-order valence-corrected chi connectivity index (χ3v) is 2.44. The second-order valence-corrected chi connectivity index (χ2v) is 3.43. The molecule has 0 unspecified atom stereocenters. The van der Waals surface area contributed by atoms with E-state index < -0.39 is 0 Å². The van der Waals surface area contributed by atoms with Gasteiger partial charge in [0, 0.05) is 24.1 Å². The molecule has 1 aromatic carbocycles. The summed E-state index contributed by atoms with van der Waals surface area (Å²) in [6.45, 7) is 2.20. The van der Waals surface area contributed by atoms with E-state index in [0.717, 1.165) is 5.56 Å². The molecule has 68 valence electrons. The van der Waals surface area contributed by atoms with Crippen molar-refractivity contribution >= 4 is 10.9 Å². The minimum absolute atomic E-state index is 0.115. The molecule has 2 heteroatoms. The molecule has 1 aromatic heterocycles. The lowest BCUT2D eigenvalue weighted by Gasteiger charge is -1.98. The highest BCUT2D eigenvalue weighted by molar-refractivity contribution is 5.84. The molecule has 0 aliphatic carbocycles. The molecule has 0 aliphatic rings. The lowest BCUT2D eigenvalue weighted by molar-refractivity contribution is 0.282. The standard InChI is InChI=1S/C11H13NO/c1-8-6-12(2)11-4-3-9(7-13)5-10(8)11/h3-6,13H,7H2,1-2H3. The maximum absolute atomic E-state index is 8.99. The lowest BCUT2D eigenvalue weighted by Crippen LogP contribution is -1.85. The maximum Gasteiger partial charge on any atom is 0.0682 e. The van der Waals surface area contributed by atoms with E-state index in [1.165, 1.54) is 16.5 Å². The molecule has 1 N–H and O–H groups in total. The van der Waals surface area contributed by atoms with Crippen LogP contribution in [-0.4, -0.2) is 9.67 Å². The Hall–Kier alpha value is -1.28. The molecule has 0 fully saturated rings. The van der Waals surface area contributed by atoms with Crippen molar-refractivity contribution in [1.82, 2.24) is 4.57 Å². The third-order valence-electron chi connectivity index (χ3n) is 2.44. The number of hydrogen-bond acceptors (Lipinski definition) is 1. The van der Waals surface area contributed by atoms with Crippen molar-refractivity contribution in [2.75, 3.05) is 0 Å². The molecule has 0 spiro atoms. The molecule has 0 radical (unpaired) electrons. The van der Waals surface area contributed by atoms with Crippen LogP contribution in [0.5, 0.6) is 0 Å². The maximum atomic E-state index is 8.99. The monoisotopic (exact) mass is 175 g/mol. The molecule has 1 heterocycles. The summed E-state index contributed by atoms with van der Waals surface area (Å²) >= 11 is 0. The van der Waals surface area contributed by atoms with Gasteiger partial charge in [0.15, 0.2) is 0 Å². The van der Waals surface area contributed by atoms with E-state index in [-0.39, 0.29) is 6.61 Å². The molecule has 0 saturated carbocycles. The van der Waals surface area contributed by atoms with E-state index in [1.807, 2.05) is 25.2 Å². The summed E-state index contributed by atoms with van der Waals surface area (Å²) in [6, 6.07) is 6.06. The van der Waals surface area contributed by atoms with Gasteiger partial charge < -0.3 is 9.67 Å². The minimum Gasteiger partial charge on any atom is -0.392 e. The van der Waals surface area contributed by atoms with Gasteiger partial charge in [-0.05, 0) is 30.2 Å². The summed E-state index contributed by atoms with van der Waals surface area (Å²) < 4.78 is 2.10. The number of aliphatic hydroxyl groups excluding tert-OH is 1. The number of nitrogens with zero attached hydrogens (tertiary/aromatic N) is 1. The number of aliphatic hydroxyl groups is 1. The van der Waals surface area contributed by atoms with E-state index in [1.54, 1.807) is 0 Å². The predicted octanol–water partition coefficient (Wildman–Crippen LogP) is 1.98. The highest BCUT2D eigenvalue weighted by Gasteiger charge is 2.02. The number of fused-ring (bicyclic) bond motifs is 1. The zero-order chi connectivity index (χ0) is 9.42. The van der Waals surface area contributed by atoms with Gasteiger partial charge in [-0.15, -0.1) is 0 Å². The summed E-state index contributed by atoms with van der Waals surface area (Å²) in [5.41, 5.74) is 3.45. The van der Waals surface area contributed by atoms with Gasteiger partial charge >= 0.3 is 0 Å². The molecule has 0 bridgehead atoms. The Labute approximate surface area is 77.4 Å². The van der Waals surface area contributed by atoms with Crippen LogP contribution in [0.25, 0.3) is 10.9 Å². The first kappa shape index (κ1) is 8.32.